The van der Waals surface area contributed by atoms with E-state index in [2.05, 4.69) is 35.4 Å². The Kier molecular flexibility index (Phi) is 10.9. The highest BCUT2D eigenvalue weighted by atomic mass is 16.4. The average Bonchev–Trinajstić information content (AvgIpc) is 2.53. The number of carbonyl (C=O) groups is 3. The van der Waals surface area contributed by atoms with Crippen molar-refractivity contribution < 1.29 is 24.6 Å². The van der Waals surface area contributed by atoms with Crippen LogP contribution >= 0.6 is 0 Å². The van der Waals surface area contributed by atoms with E-state index in [1.807, 2.05) is 33.2 Å². The molecule has 0 aliphatic carbocycles. The van der Waals surface area contributed by atoms with E-state index in [1.165, 1.54) is 5.56 Å². The number of hydrogen-bond donors (Lipinski definition) is 4. The maximum Gasteiger partial charge on any atom is 0.414 e. The van der Waals surface area contributed by atoms with Gasteiger partial charge in [0.1, 0.15) is 0 Å². The number of aliphatic carboxylic acids is 2. The lowest BCUT2D eigenvalue weighted by Gasteiger charge is -2.17. The number of anilines is 1. The summed E-state index contributed by atoms with van der Waals surface area (Å²) in [5.74, 6) is -3.24. The second-order valence-corrected chi connectivity index (χ2v) is 6.33. The second-order valence-electron chi connectivity index (χ2n) is 6.33. The van der Waals surface area contributed by atoms with Crippen LogP contribution in [0.3, 0.4) is 0 Å². The molecule has 1 aromatic carbocycles. The molecule has 1 rings (SSSR count). The fourth-order valence-electron chi connectivity index (χ4n) is 2.03. The van der Waals surface area contributed by atoms with Gasteiger partial charge in [0.25, 0.3) is 0 Å². The highest BCUT2D eigenvalue weighted by Gasteiger charge is 2.11. The Morgan fingerprint density at radius 1 is 1.12 bits per heavy atom. The lowest BCUT2D eigenvalue weighted by molar-refractivity contribution is -0.159. The summed E-state index contributed by atoms with van der Waals surface area (Å²) in [5, 5.41) is 21.0. The molecule has 1 aromatic rings. The zero-order valence-electron chi connectivity index (χ0n) is 16.0. The highest BCUT2D eigenvalue weighted by Crippen LogP contribution is 2.27. The highest BCUT2D eigenvalue weighted by molar-refractivity contribution is 6.27. The number of nitrogens with one attached hydrogen (secondary N) is 2. The molecule has 8 nitrogen and oxygen atoms in total. The molecule has 26 heavy (non-hydrogen) atoms. The fourth-order valence-corrected chi connectivity index (χ4v) is 2.03. The number of benzene rings is 1. The van der Waals surface area contributed by atoms with Gasteiger partial charge in [0.05, 0.1) is 6.54 Å². The zero-order valence-corrected chi connectivity index (χ0v) is 16.0. The normalized spacial score (nSPS) is 10.3. The second kappa shape index (κ2) is 12.0. The number of para-hydroxylation sites is 1. The molecule has 0 aliphatic heterocycles. The Morgan fingerprint density at radius 2 is 1.69 bits per heavy atom. The van der Waals surface area contributed by atoms with Crippen molar-refractivity contribution in [3.05, 3.63) is 29.3 Å². The smallest absolute Gasteiger partial charge is 0.414 e. The third-order valence-electron chi connectivity index (χ3n) is 3.40. The first-order chi connectivity index (χ1) is 12.1. The molecule has 0 spiro atoms. The largest absolute Gasteiger partial charge is 0.473 e. The number of carboxylic acids is 2. The minimum atomic E-state index is -1.82. The molecule has 8 heteroatoms. The monoisotopic (exact) mass is 367 g/mol. The molecule has 0 aromatic heterocycles. The molecule has 0 atom stereocenters. The first kappa shape index (κ1) is 23.5. The molecule has 4 N–H and O–H groups in total. The lowest BCUT2D eigenvalue weighted by atomic mass is 9.98. The van der Waals surface area contributed by atoms with Crippen LogP contribution in [0.15, 0.2) is 18.2 Å². The average molecular weight is 367 g/mol. The Balaban J connectivity index is 0.000000896. The van der Waals surface area contributed by atoms with Gasteiger partial charge in [0.2, 0.25) is 5.91 Å². The van der Waals surface area contributed by atoms with Gasteiger partial charge in [0, 0.05) is 18.8 Å². The first-order valence-electron chi connectivity index (χ1n) is 8.27. The van der Waals surface area contributed by atoms with Crippen LogP contribution in [0, 0.1) is 6.92 Å². The van der Waals surface area contributed by atoms with Gasteiger partial charge in [-0.3, -0.25) is 4.79 Å². The molecule has 0 saturated heterocycles. The minimum Gasteiger partial charge on any atom is -0.473 e. The van der Waals surface area contributed by atoms with Crippen LogP contribution in [-0.4, -0.2) is 66.7 Å². The molecule has 0 bridgehead atoms. The number of hydrogen-bond acceptors (Lipinski definition) is 5. The molecule has 1 amide bonds. The lowest BCUT2D eigenvalue weighted by Crippen LogP contribution is -2.33. The van der Waals surface area contributed by atoms with Gasteiger partial charge >= 0.3 is 11.9 Å². The van der Waals surface area contributed by atoms with Gasteiger partial charge in [-0.15, -0.1) is 0 Å². The van der Waals surface area contributed by atoms with E-state index in [0.29, 0.717) is 12.5 Å². The summed E-state index contributed by atoms with van der Waals surface area (Å²) in [6, 6.07) is 6.14. The standard InChI is InChI=1S/C16H27N3O.C2H2O4/c1-12(2)14-8-6-7-13(3)16(14)18-15(20)11-17-9-10-19(4)5;3-1(4)2(5)6/h6-8,12,17H,9-11H2,1-5H3,(H,18,20);(H,3,4)(H,5,6). The van der Waals surface area contributed by atoms with Crippen LogP contribution < -0.4 is 10.6 Å². The van der Waals surface area contributed by atoms with Crippen LogP contribution in [0.4, 0.5) is 5.69 Å². The molecule has 0 aliphatic rings. The van der Waals surface area contributed by atoms with Crippen LogP contribution in [0.2, 0.25) is 0 Å². The van der Waals surface area contributed by atoms with Gasteiger partial charge in [-0.25, -0.2) is 9.59 Å². The van der Waals surface area contributed by atoms with E-state index in [4.69, 9.17) is 19.8 Å². The van der Waals surface area contributed by atoms with Crippen molar-refractivity contribution in [2.75, 3.05) is 39.0 Å². The van der Waals surface area contributed by atoms with Crippen LogP contribution in [0.5, 0.6) is 0 Å². The summed E-state index contributed by atoms with van der Waals surface area (Å²) in [6.07, 6.45) is 0. The van der Waals surface area contributed by atoms with E-state index in [0.717, 1.165) is 24.3 Å². The van der Waals surface area contributed by atoms with Crippen molar-refractivity contribution in [1.29, 1.82) is 0 Å². The topological polar surface area (TPSA) is 119 Å². The van der Waals surface area contributed by atoms with E-state index in [-0.39, 0.29) is 5.91 Å². The molecule has 0 unspecified atom stereocenters. The van der Waals surface area contributed by atoms with Gasteiger partial charge in [-0.05, 0) is 38.1 Å². The third kappa shape index (κ3) is 9.75. The van der Waals surface area contributed by atoms with Gasteiger partial charge in [-0.1, -0.05) is 32.0 Å². The Labute approximate surface area is 154 Å². The van der Waals surface area contributed by atoms with Gasteiger partial charge in [0.15, 0.2) is 0 Å². The fraction of sp³-hybridized carbons (Fsp3) is 0.500. The van der Waals surface area contributed by atoms with Crippen LogP contribution in [0.25, 0.3) is 0 Å². The van der Waals surface area contributed by atoms with Crippen molar-refractivity contribution in [3.8, 4) is 0 Å². The number of rotatable bonds is 7. The predicted molar refractivity (Wildman–Crippen MR) is 101 cm³/mol. The molecule has 0 saturated carbocycles. The summed E-state index contributed by atoms with van der Waals surface area (Å²) < 4.78 is 0. The maximum absolute atomic E-state index is 12.0. The van der Waals surface area contributed by atoms with Gasteiger partial charge < -0.3 is 25.7 Å². The SMILES string of the molecule is Cc1cccc(C(C)C)c1NC(=O)CNCCN(C)C.O=C(O)C(=O)O. The molecular weight excluding hydrogens is 338 g/mol. The summed E-state index contributed by atoms with van der Waals surface area (Å²) in [6.45, 7) is 8.39. The summed E-state index contributed by atoms with van der Waals surface area (Å²) >= 11 is 0. The van der Waals surface area contributed by atoms with Crippen molar-refractivity contribution in [2.45, 2.75) is 26.7 Å². The number of likely N-dealkylation sites (N-methyl/N-ethyl adjacent to an activating group) is 1. The Morgan fingerprint density at radius 3 is 2.15 bits per heavy atom. The Bertz CT molecular complexity index is 603. The zero-order chi connectivity index (χ0) is 20.3. The maximum atomic E-state index is 12.0. The van der Waals surface area contributed by atoms with Crippen molar-refractivity contribution >= 4 is 23.5 Å². The van der Waals surface area contributed by atoms with Crippen LogP contribution in [-0.2, 0) is 14.4 Å². The molecular formula is C18H29N3O5. The van der Waals surface area contributed by atoms with Gasteiger partial charge in [-0.2, -0.15) is 0 Å². The van der Waals surface area contributed by atoms with Crippen molar-refractivity contribution in [1.82, 2.24) is 10.2 Å². The molecule has 0 heterocycles. The molecule has 0 radical (unpaired) electrons. The van der Waals surface area contributed by atoms with Crippen LogP contribution in [0.1, 0.15) is 30.9 Å². The third-order valence-corrected chi connectivity index (χ3v) is 3.40. The number of aryl methyl sites for hydroxylation is 1. The summed E-state index contributed by atoms with van der Waals surface area (Å²) in [7, 11) is 4.04. The Hall–Kier alpha value is -2.45. The number of carbonyl (C=O) groups excluding carboxylic acids is 1. The van der Waals surface area contributed by atoms with E-state index in [1.54, 1.807) is 0 Å². The first-order valence-corrected chi connectivity index (χ1v) is 8.27. The summed E-state index contributed by atoms with van der Waals surface area (Å²) in [4.78, 5) is 32.3. The number of carboxylic acid groups (broad SMARTS) is 2. The van der Waals surface area contributed by atoms with Crippen molar-refractivity contribution in [2.24, 2.45) is 0 Å². The molecule has 146 valence electrons. The van der Waals surface area contributed by atoms with E-state index < -0.39 is 11.9 Å². The number of amides is 1. The quantitative estimate of drug-likeness (QED) is 0.424. The molecule has 0 fully saturated rings. The van der Waals surface area contributed by atoms with E-state index >= 15 is 0 Å². The van der Waals surface area contributed by atoms with Crippen molar-refractivity contribution in [3.63, 3.8) is 0 Å². The predicted octanol–water partition coefficient (Wildman–Crippen LogP) is 1.36. The number of nitrogens with zero attached hydrogens (tertiary/aromatic N) is 1. The minimum absolute atomic E-state index is 0.0138. The van der Waals surface area contributed by atoms with E-state index in [9.17, 15) is 4.79 Å². The summed E-state index contributed by atoms with van der Waals surface area (Å²) in [5.41, 5.74) is 3.26.